The lowest BCUT2D eigenvalue weighted by atomic mass is 10.1. The molecule has 0 fully saturated rings. The molecule has 1 heterocycles. The van der Waals surface area contributed by atoms with Gasteiger partial charge in [0.15, 0.2) is 0 Å². The first-order chi connectivity index (χ1) is 9.54. The highest BCUT2D eigenvalue weighted by atomic mass is 16.3. The van der Waals surface area contributed by atoms with Crippen LogP contribution in [0.3, 0.4) is 0 Å². The molecule has 0 spiro atoms. The number of aliphatic hydroxyl groups excluding tert-OH is 1. The number of fused-ring (bicyclic) bond motifs is 1. The molecule has 20 heavy (non-hydrogen) atoms. The molecular weight excluding hydrogens is 256 g/mol. The zero-order chi connectivity index (χ0) is 14.7. The van der Waals surface area contributed by atoms with Crippen molar-refractivity contribution in [2.24, 2.45) is 5.92 Å². The van der Waals surface area contributed by atoms with Crippen molar-refractivity contribution in [2.45, 2.75) is 20.3 Å². The van der Waals surface area contributed by atoms with Gasteiger partial charge in [-0.3, -0.25) is 9.59 Å². The summed E-state index contributed by atoms with van der Waals surface area (Å²) in [6.07, 6.45) is 0.786. The molecule has 2 rings (SSSR count). The van der Waals surface area contributed by atoms with Crippen LogP contribution >= 0.6 is 0 Å². The molecule has 2 amide bonds. The van der Waals surface area contributed by atoms with Crippen LogP contribution in [-0.4, -0.2) is 36.6 Å². The fourth-order valence-electron chi connectivity index (χ4n) is 2.35. The molecule has 5 nitrogen and oxygen atoms in total. The van der Waals surface area contributed by atoms with Crippen LogP contribution in [0.1, 0.15) is 18.1 Å². The first-order valence-corrected chi connectivity index (χ1v) is 6.83. The Hall–Kier alpha value is -1.88. The molecule has 1 atom stereocenters. The van der Waals surface area contributed by atoms with Crippen molar-refractivity contribution in [1.29, 1.82) is 0 Å². The van der Waals surface area contributed by atoms with Crippen LogP contribution in [-0.2, 0) is 16.0 Å². The van der Waals surface area contributed by atoms with Gasteiger partial charge in [0.2, 0.25) is 0 Å². The summed E-state index contributed by atoms with van der Waals surface area (Å²) in [5, 5.41) is 11.5. The highest BCUT2D eigenvalue weighted by Crippen LogP contribution is 2.30. The smallest absolute Gasteiger partial charge is 0.316 e. The largest absolute Gasteiger partial charge is 0.396 e. The average Bonchev–Trinajstić information content (AvgIpc) is 2.88. The summed E-state index contributed by atoms with van der Waals surface area (Å²) in [5.41, 5.74) is 3.12. The number of anilines is 1. The fraction of sp³-hybridized carbons (Fsp3) is 0.467. The first-order valence-electron chi connectivity index (χ1n) is 6.83. The number of nitrogens with zero attached hydrogens (tertiary/aromatic N) is 1. The van der Waals surface area contributed by atoms with Crippen LogP contribution in [0.15, 0.2) is 18.2 Å². The van der Waals surface area contributed by atoms with Gasteiger partial charge < -0.3 is 15.3 Å². The minimum absolute atomic E-state index is 0.0137. The lowest BCUT2D eigenvalue weighted by Gasteiger charge is -2.17. The predicted molar refractivity (Wildman–Crippen MR) is 76.5 cm³/mol. The zero-order valence-corrected chi connectivity index (χ0v) is 11.8. The van der Waals surface area contributed by atoms with Crippen molar-refractivity contribution < 1.29 is 14.7 Å². The third kappa shape index (κ3) is 2.82. The number of carbonyl (C=O) groups is 2. The topological polar surface area (TPSA) is 69.6 Å². The maximum Gasteiger partial charge on any atom is 0.316 e. The number of nitrogens with one attached hydrogen (secondary N) is 1. The van der Waals surface area contributed by atoms with Gasteiger partial charge in [0.05, 0.1) is 0 Å². The van der Waals surface area contributed by atoms with E-state index in [9.17, 15) is 9.59 Å². The van der Waals surface area contributed by atoms with Crippen LogP contribution in [0.5, 0.6) is 0 Å². The van der Waals surface area contributed by atoms with E-state index in [0.717, 1.165) is 23.2 Å². The first kappa shape index (κ1) is 14.5. The van der Waals surface area contributed by atoms with E-state index in [1.54, 1.807) is 6.92 Å². The molecule has 0 saturated carbocycles. The van der Waals surface area contributed by atoms with Crippen molar-refractivity contribution in [3.8, 4) is 0 Å². The van der Waals surface area contributed by atoms with Gasteiger partial charge in [-0.15, -0.1) is 0 Å². The summed E-state index contributed by atoms with van der Waals surface area (Å²) in [4.78, 5) is 25.6. The number of hydrogen-bond donors (Lipinski definition) is 2. The number of aliphatic hydroxyl groups is 1. The molecule has 0 bridgehead atoms. The molecule has 2 N–H and O–H groups in total. The van der Waals surface area contributed by atoms with Crippen molar-refractivity contribution in [3.05, 3.63) is 29.3 Å². The molecule has 1 aliphatic rings. The van der Waals surface area contributed by atoms with Gasteiger partial charge in [0.1, 0.15) is 0 Å². The Balaban J connectivity index is 2.05. The van der Waals surface area contributed by atoms with Crippen LogP contribution in [0.4, 0.5) is 5.69 Å². The summed E-state index contributed by atoms with van der Waals surface area (Å²) in [6, 6.07) is 5.78. The SMILES string of the molecule is Cc1cccc2c1CCN2C(=O)C(=O)NCC(C)CO. The molecule has 108 valence electrons. The van der Waals surface area contributed by atoms with Crippen molar-refractivity contribution in [2.75, 3.05) is 24.6 Å². The van der Waals surface area contributed by atoms with E-state index < -0.39 is 11.8 Å². The molecule has 0 aliphatic carbocycles. The quantitative estimate of drug-likeness (QED) is 0.796. The Kier molecular flexibility index (Phi) is 4.39. The van der Waals surface area contributed by atoms with E-state index >= 15 is 0 Å². The molecule has 0 radical (unpaired) electrons. The van der Waals surface area contributed by atoms with Crippen LogP contribution < -0.4 is 10.2 Å². The number of aryl methyl sites for hydroxylation is 1. The minimum atomic E-state index is -0.611. The fourth-order valence-corrected chi connectivity index (χ4v) is 2.35. The Labute approximate surface area is 118 Å². The average molecular weight is 276 g/mol. The summed E-state index contributed by atoms with van der Waals surface area (Å²) in [7, 11) is 0. The van der Waals surface area contributed by atoms with E-state index in [1.165, 1.54) is 4.90 Å². The number of carbonyl (C=O) groups excluding carboxylic acids is 2. The van der Waals surface area contributed by atoms with E-state index in [0.29, 0.717) is 13.1 Å². The van der Waals surface area contributed by atoms with Gasteiger partial charge >= 0.3 is 11.8 Å². The van der Waals surface area contributed by atoms with Crippen LogP contribution in [0, 0.1) is 12.8 Å². The molecule has 0 aromatic heterocycles. The lowest BCUT2D eigenvalue weighted by Crippen LogP contribution is -2.43. The molecule has 1 aromatic carbocycles. The second-order valence-electron chi connectivity index (χ2n) is 5.28. The maximum absolute atomic E-state index is 12.2. The molecule has 5 heteroatoms. The Morgan fingerprint density at radius 1 is 1.45 bits per heavy atom. The number of amides is 2. The standard InChI is InChI=1S/C15H20N2O3/c1-10(9-18)8-16-14(19)15(20)17-7-6-12-11(2)4-3-5-13(12)17/h3-5,10,18H,6-9H2,1-2H3,(H,16,19). The Morgan fingerprint density at radius 2 is 2.20 bits per heavy atom. The molecule has 1 unspecified atom stereocenters. The number of hydrogen-bond acceptors (Lipinski definition) is 3. The summed E-state index contributed by atoms with van der Waals surface area (Å²) in [5.74, 6) is -1.20. The van der Waals surface area contributed by atoms with E-state index in [4.69, 9.17) is 5.11 Å². The maximum atomic E-state index is 12.2. The highest BCUT2D eigenvalue weighted by molar-refractivity contribution is 6.40. The molecule has 1 aliphatic heterocycles. The molecular formula is C15H20N2O3. The second kappa shape index (κ2) is 6.05. The Morgan fingerprint density at radius 3 is 2.90 bits per heavy atom. The van der Waals surface area contributed by atoms with E-state index in [1.807, 2.05) is 25.1 Å². The summed E-state index contributed by atoms with van der Waals surface area (Å²) >= 11 is 0. The van der Waals surface area contributed by atoms with Crippen LogP contribution in [0.25, 0.3) is 0 Å². The van der Waals surface area contributed by atoms with Crippen molar-refractivity contribution in [3.63, 3.8) is 0 Å². The lowest BCUT2D eigenvalue weighted by molar-refractivity contribution is -0.137. The van der Waals surface area contributed by atoms with E-state index in [2.05, 4.69) is 5.32 Å². The third-order valence-corrected chi connectivity index (χ3v) is 3.62. The molecule has 0 saturated heterocycles. The van der Waals surface area contributed by atoms with Crippen LogP contribution in [0.2, 0.25) is 0 Å². The molecule has 1 aromatic rings. The van der Waals surface area contributed by atoms with Gasteiger partial charge in [0.25, 0.3) is 0 Å². The predicted octanol–water partition coefficient (Wildman–Crippen LogP) is 0.629. The van der Waals surface area contributed by atoms with Gasteiger partial charge in [-0.1, -0.05) is 19.1 Å². The van der Waals surface area contributed by atoms with Gasteiger partial charge in [0, 0.05) is 25.4 Å². The van der Waals surface area contributed by atoms with Gasteiger partial charge in [-0.05, 0) is 36.5 Å². The Bertz CT molecular complexity index is 528. The summed E-state index contributed by atoms with van der Waals surface area (Å²) < 4.78 is 0. The minimum Gasteiger partial charge on any atom is -0.396 e. The van der Waals surface area contributed by atoms with E-state index in [-0.39, 0.29) is 12.5 Å². The third-order valence-electron chi connectivity index (χ3n) is 3.62. The number of rotatable bonds is 3. The normalized spacial score (nSPS) is 14.8. The van der Waals surface area contributed by atoms with Crippen molar-refractivity contribution >= 4 is 17.5 Å². The number of benzene rings is 1. The summed E-state index contributed by atoms with van der Waals surface area (Å²) in [6.45, 7) is 4.65. The van der Waals surface area contributed by atoms with Gasteiger partial charge in [-0.25, -0.2) is 0 Å². The monoisotopic (exact) mass is 276 g/mol. The van der Waals surface area contributed by atoms with Crippen molar-refractivity contribution in [1.82, 2.24) is 5.32 Å². The van der Waals surface area contributed by atoms with Gasteiger partial charge in [-0.2, -0.15) is 0 Å². The highest BCUT2D eigenvalue weighted by Gasteiger charge is 2.29. The zero-order valence-electron chi connectivity index (χ0n) is 11.8. The second-order valence-corrected chi connectivity index (χ2v) is 5.28.